The lowest BCUT2D eigenvalue weighted by molar-refractivity contribution is -0.119. The molecule has 0 saturated heterocycles. The molecule has 0 atom stereocenters. The fourth-order valence-electron chi connectivity index (χ4n) is 3.42. The maximum absolute atomic E-state index is 13.6. The van der Waals surface area contributed by atoms with Crippen molar-refractivity contribution in [1.82, 2.24) is 5.43 Å². The van der Waals surface area contributed by atoms with E-state index in [4.69, 9.17) is 14.2 Å². The number of amides is 1. The van der Waals surface area contributed by atoms with Crippen molar-refractivity contribution < 1.29 is 27.4 Å². The standard InChI is InChI=1S/C26H29N3O6S2/c1-5-35-21-11-9-20(10-12-21)29(37(31,32)23-15-13-22(36-4)14-16-23)18-25(30)28-27-17-19-7-6-8-24(33-2)26(19)34-3/h6-17H,5,18H2,1-4H3,(H,28,30)/b27-17-. The lowest BCUT2D eigenvalue weighted by Gasteiger charge is -2.24. The molecule has 0 aliphatic carbocycles. The number of ether oxygens (including phenoxy) is 3. The van der Waals surface area contributed by atoms with Gasteiger partial charge in [-0.3, -0.25) is 9.10 Å². The summed E-state index contributed by atoms with van der Waals surface area (Å²) in [6.45, 7) is 1.84. The molecule has 1 amide bonds. The molecule has 0 aromatic heterocycles. The molecule has 9 nitrogen and oxygen atoms in total. The van der Waals surface area contributed by atoms with Gasteiger partial charge in [0.05, 0.1) is 37.6 Å². The summed E-state index contributed by atoms with van der Waals surface area (Å²) in [5.41, 5.74) is 3.28. The van der Waals surface area contributed by atoms with Crippen LogP contribution in [-0.4, -0.2) is 54.2 Å². The summed E-state index contributed by atoms with van der Waals surface area (Å²) in [6, 6.07) is 18.2. The van der Waals surface area contributed by atoms with Crippen LogP contribution in [0.2, 0.25) is 0 Å². The van der Waals surface area contributed by atoms with Crippen molar-refractivity contribution in [3.63, 3.8) is 0 Å². The van der Waals surface area contributed by atoms with Crippen molar-refractivity contribution in [3.05, 3.63) is 72.3 Å². The van der Waals surface area contributed by atoms with E-state index in [1.54, 1.807) is 54.6 Å². The Morgan fingerprint density at radius 2 is 1.73 bits per heavy atom. The van der Waals surface area contributed by atoms with Crippen LogP contribution >= 0.6 is 11.8 Å². The normalized spacial score (nSPS) is 11.2. The lowest BCUT2D eigenvalue weighted by atomic mass is 10.2. The quantitative estimate of drug-likeness (QED) is 0.208. The minimum atomic E-state index is -4.06. The van der Waals surface area contributed by atoms with Crippen LogP contribution in [0.25, 0.3) is 0 Å². The molecule has 0 radical (unpaired) electrons. The van der Waals surface area contributed by atoms with Crippen molar-refractivity contribution >= 4 is 39.6 Å². The van der Waals surface area contributed by atoms with Crippen LogP contribution in [0.15, 0.2) is 81.6 Å². The maximum Gasteiger partial charge on any atom is 0.264 e. The third-order valence-corrected chi connectivity index (χ3v) is 7.73. The minimum Gasteiger partial charge on any atom is -0.494 e. The van der Waals surface area contributed by atoms with E-state index in [2.05, 4.69) is 10.5 Å². The number of hydrogen-bond donors (Lipinski definition) is 1. The number of carbonyl (C=O) groups is 1. The van der Waals surface area contributed by atoms with E-state index < -0.39 is 22.5 Å². The molecule has 0 bridgehead atoms. The molecule has 0 saturated carbocycles. The highest BCUT2D eigenvalue weighted by Crippen LogP contribution is 2.30. The number of benzene rings is 3. The van der Waals surface area contributed by atoms with E-state index in [9.17, 15) is 13.2 Å². The van der Waals surface area contributed by atoms with Gasteiger partial charge in [0.1, 0.15) is 12.3 Å². The second kappa shape index (κ2) is 13.0. The zero-order valence-corrected chi connectivity index (χ0v) is 22.6. The van der Waals surface area contributed by atoms with Gasteiger partial charge in [-0.2, -0.15) is 5.10 Å². The Kier molecular flexibility index (Phi) is 9.81. The molecule has 1 N–H and O–H groups in total. The first-order valence-electron chi connectivity index (χ1n) is 11.3. The molecule has 0 spiro atoms. The van der Waals surface area contributed by atoms with Gasteiger partial charge in [0.2, 0.25) is 0 Å². The van der Waals surface area contributed by atoms with Crippen LogP contribution in [-0.2, 0) is 14.8 Å². The van der Waals surface area contributed by atoms with E-state index in [0.29, 0.717) is 35.1 Å². The summed E-state index contributed by atoms with van der Waals surface area (Å²) in [5, 5.41) is 3.98. The Morgan fingerprint density at radius 1 is 1.03 bits per heavy atom. The average molecular weight is 544 g/mol. The number of carbonyl (C=O) groups excluding carboxylic acids is 1. The number of para-hydroxylation sites is 1. The first-order valence-corrected chi connectivity index (χ1v) is 13.9. The number of rotatable bonds is 12. The van der Waals surface area contributed by atoms with Gasteiger partial charge in [0, 0.05) is 10.5 Å². The molecular formula is C26H29N3O6S2. The van der Waals surface area contributed by atoms with Gasteiger partial charge in [0.25, 0.3) is 15.9 Å². The summed E-state index contributed by atoms with van der Waals surface area (Å²) in [5.74, 6) is 0.929. The molecule has 196 valence electrons. The zero-order chi connectivity index (χ0) is 26.8. The Hall–Kier alpha value is -3.70. The number of thioether (sulfide) groups is 1. The van der Waals surface area contributed by atoms with Gasteiger partial charge in [-0.25, -0.2) is 13.8 Å². The fraction of sp³-hybridized carbons (Fsp3) is 0.231. The average Bonchev–Trinajstić information content (AvgIpc) is 2.92. The SMILES string of the molecule is CCOc1ccc(N(CC(=O)N/N=C\c2cccc(OC)c2OC)S(=O)(=O)c2ccc(SC)cc2)cc1. The number of hydrogen-bond acceptors (Lipinski definition) is 8. The predicted molar refractivity (Wildman–Crippen MR) is 146 cm³/mol. The summed E-state index contributed by atoms with van der Waals surface area (Å²) < 4.78 is 44.3. The predicted octanol–water partition coefficient (Wildman–Crippen LogP) is 4.17. The Morgan fingerprint density at radius 3 is 2.32 bits per heavy atom. The van der Waals surface area contributed by atoms with Gasteiger partial charge in [-0.05, 0) is 73.8 Å². The van der Waals surface area contributed by atoms with Gasteiger partial charge in [-0.1, -0.05) is 6.07 Å². The number of sulfonamides is 1. The van der Waals surface area contributed by atoms with Crippen molar-refractivity contribution in [2.75, 3.05) is 37.9 Å². The van der Waals surface area contributed by atoms with Crippen molar-refractivity contribution in [1.29, 1.82) is 0 Å². The maximum atomic E-state index is 13.6. The van der Waals surface area contributed by atoms with Gasteiger partial charge in [0.15, 0.2) is 11.5 Å². The molecule has 3 aromatic carbocycles. The van der Waals surface area contributed by atoms with Crippen LogP contribution in [0.1, 0.15) is 12.5 Å². The third kappa shape index (κ3) is 6.95. The van der Waals surface area contributed by atoms with Gasteiger partial charge >= 0.3 is 0 Å². The Labute approximate surface area is 221 Å². The van der Waals surface area contributed by atoms with Crippen LogP contribution in [0.3, 0.4) is 0 Å². The van der Waals surface area contributed by atoms with Gasteiger partial charge in [-0.15, -0.1) is 11.8 Å². The van der Waals surface area contributed by atoms with E-state index in [1.165, 1.54) is 44.3 Å². The highest BCUT2D eigenvalue weighted by Gasteiger charge is 2.27. The molecule has 3 aromatic rings. The highest BCUT2D eigenvalue weighted by molar-refractivity contribution is 7.98. The molecule has 0 aliphatic heterocycles. The second-order valence-corrected chi connectivity index (χ2v) is 10.2. The molecule has 0 unspecified atom stereocenters. The van der Waals surface area contributed by atoms with E-state index in [1.807, 2.05) is 13.2 Å². The van der Waals surface area contributed by atoms with E-state index >= 15 is 0 Å². The molecular weight excluding hydrogens is 514 g/mol. The Balaban J connectivity index is 1.86. The summed E-state index contributed by atoms with van der Waals surface area (Å²) >= 11 is 1.50. The van der Waals surface area contributed by atoms with Crippen LogP contribution in [0.4, 0.5) is 5.69 Å². The Bertz CT molecular complexity index is 1330. The zero-order valence-electron chi connectivity index (χ0n) is 21.0. The second-order valence-electron chi connectivity index (χ2n) is 7.49. The third-order valence-electron chi connectivity index (χ3n) is 5.20. The first-order chi connectivity index (χ1) is 17.8. The lowest BCUT2D eigenvalue weighted by Crippen LogP contribution is -2.39. The monoisotopic (exact) mass is 543 g/mol. The molecule has 0 fully saturated rings. The molecule has 3 rings (SSSR count). The molecule has 11 heteroatoms. The van der Waals surface area contributed by atoms with Crippen LogP contribution in [0, 0.1) is 0 Å². The van der Waals surface area contributed by atoms with Crippen LogP contribution in [0.5, 0.6) is 17.2 Å². The summed E-state index contributed by atoms with van der Waals surface area (Å²) in [7, 11) is -1.04. The number of anilines is 1. The van der Waals surface area contributed by atoms with E-state index in [-0.39, 0.29) is 4.90 Å². The molecule has 37 heavy (non-hydrogen) atoms. The fourth-order valence-corrected chi connectivity index (χ4v) is 5.25. The number of methoxy groups -OCH3 is 2. The topological polar surface area (TPSA) is 107 Å². The minimum absolute atomic E-state index is 0.0663. The van der Waals surface area contributed by atoms with Crippen molar-refractivity contribution in [3.8, 4) is 17.2 Å². The summed E-state index contributed by atoms with van der Waals surface area (Å²) in [6.07, 6.45) is 3.30. The van der Waals surface area contributed by atoms with Crippen molar-refractivity contribution in [2.45, 2.75) is 16.7 Å². The van der Waals surface area contributed by atoms with Gasteiger partial charge < -0.3 is 14.2 Å². The van der Waals surface area contributed by atoms with Crippen LogP contribution < -0.4 is 23.9 Å². The molecule has 0 heterocycles. The van der Waals surface area contributed by atoms with Crippen molar-refractivity contribution in [2.24, 2.45) is 5.10 Å². The number of nitrogens with zero attached hydrogens (tertiary/aromatic N) is 2. The first kappa shape index (κ1) is 27.9. The largest absolute Gasteiger partial charge is 0.494 e. The summed E-state index contributed by atoms with van der Waals surface area (Å²) in [4.78, 5) is 13.8. The number of hydrazone groups is 1. The number of nitrogens with one attached hydrogen (secondary N) is 1. The smallest absolute Gasteiger partial charge is 0.264 e. The molecule has 0 aliphatic rings. The van der Waals surface area contributed by atoms with E-state index in [0.717, 1.165) is 9.20 Å². The highest BCUT2D eigenvalue weighted by atomic mass is 32.2.